The summed E-state index contributed by atoms with van der Waals surface area (Å²) in [6.07, 6.45) is 0.913. The van der Waals surface area contributed by atoms with E-state index in [-0.39, 0.29) is 0 Å². The van der Waals surface area contributed by atoms with Crippen LogP contribution in [-0.2, 0) is 12.3 Å². The van der Waals surface area contributed by atoms with Crippen LogP contribution in [0.25, 0.3) is 0 Å². The molecular formula is C16H13ClN2OS. The van der Waals surface area contributed by atoms with Crippen LogP contribution in [0.3, 0.4) is 0 Å². The van der Waals surface area contributed by atoms with Gasteiger partial charge in [-0.25, -0.2) is 0 Å². The van der Waals surface area contributed by atoms with Crippen LogP contribution < -0.4 is 4.74 Å². The maximum atomic E-state index is 5.69. The molecular weight excluding hydrogens is 304 g/mol. The SMILES string of the molecule is ClCc1nnc(Oc2ccc(Cc3ccccc3)cc2)s1. The van der Waals surface area contributed by atoms with Gasteiger partial charge in [0.2, 0.25) is 0 Å². The zero-order valence-corrected chi connectivity index (χ0v) is 12.8. The van der Waals surface area contributed by atoms with Gasteiger partial charge in [-0.15, -0.1) is 16.7 Å². The van der Waals surface area contributed by atoms with Crippen LogP contribution in [0.1, 0.15) is 16.1 Å². The standard InChI is InChI=1S/C16H13ClN2OS/c17-11-15-18-19-16(21-15)20-14-8-6-13(7-9-14)10-12-4-2-1-3-5-12/h1-9H,10-11H2. The fraction of sp³-hybridized carbons (Fsp3) is 0.125. The molecule has 2 aromatic carbocycles. The molecule has 106 valence electrons. The summed E-state index contributed by atoms with van der Waals surface area (Å²) in [6, 6.07) is 18.4. The molecule has 0 saturated carbocycles. The number of halogens is 1. The second-order valence-electron chi connectivity index (χ2n) is 4.50. The van der Waals surface area contributed by atoms with Gasteiger partial charge in [0, 0.05) is 0 Å². The van der Waals surface area contributed by atoms with Crippen molar-refractivity contribution in [2.24, 2.45) is 0 Å². The molecule has 1 aromatic heterocycles. The van der Waals surface area contributed by atoms with Crippen molar-refractivity contribution < 1.29 is 4.74 Å². The summed E-state index contributed by atoms with van der Waals surface area (Å²) in [7, 11) is 0. The van der Waals surface area contributed by atoms with Gasteiger partial charge < -0.3 is 4.74 Å². The Morgan fingerprint density at radius 1 is 0.905 bits per heavy atom. The molecule has 0 fully saturated rings. The van der Waals surface area contributed by atoms with Gasteiger partial charge in [-0.2, -0.15) is 0 Å². The largest absolute Gasteiger partial charge is 0.430 e. The molecule has 3 rings (SSSR count). The second kappa shape index (κ2) is 6.70. The lowest BCUT2D eigenvalue weighted by Gasteiger charge is -2.04. The van der Waals surface area contributed by atoms with E-state index in [2.05, 4.69) is 46.6 Å². The maximum Gasteiger partial charge on any atom is 0.299 e. The summed E-state index contributed by atoms with van der Waals surface area (Å²) in [5, 5.41) is 9.12. The van der Waals surface area contributed by atoms with E-state index in [0.29, 0.717) is 11.1 Å². The molecule has 0 spiro atoms. The highest BCUT2D eigenvalue weighted by Crippen LogP contribution is 2.26. The zero-order valence-electron chi connectivity index (χ0n) is 11.2. The fourth-order valence-electron chi connectivity index (χ4n) is 1.94. The van der Waals surface area contributed by atoms with E-state index in [4.69, 9.17) is 16.3 Å². The highest BCUT2D eigenvalue weighted by molar-refractivity contribution is 7.13. The van der Waals surface area contributed by atoms with E-state index in [1.165, 1.54) is 22.5 Å². The van der Waals surface area contributed by atoms with Crippen molar-refractivity contribution in [3.05, 3.63) is 70.7 Å². The monoisotopic (exact) mass is 316 g/mol. The molecule has 0 unspecified atom stereocenters. The van der Waals surface area contributed by atoms with Gasteiger partial charge in [0.25, 0.3) is 5.19 Å². The fourth-order valence-corrected chi connectivity index (χ4v) is 2.72. The lowest BCUT2D eigenvalue weighted by atomic mass is 10.1. The lowest BCUT2D eigenvalue weighted by Crippen LogP contribution is -1.88. The predicted molar refractivity (Wildman–Crippen MR) is 85.2 cm³/mol. The molecule has 3 aromatic rings. The normalized spacial score (nSPS) is 10.5. The molecule has 21 heavy (non-hydrogen) atoms. The predicted octanol–water partition coefficient (Wildman–Crippen LogP) is 4.66. The summed E-state index contributed by atoms with van der Waals surface area (Å²) >= 11 is 7.05. The smallest absolute Gasteiger partial charge is 0.299 e. The number of nitrogens with zero attached hydrogens (tertiary/aromatic N) is 2. The number of rotatable bonds is 5. The van der Waals surface area contributed by atoms with Crippen LogP contribution in [0.4, 0.5) is 0 Å². The van der Waals surface area contributed by atoms with E-state index < -0.39 is 0 Å². The number of alkyl halides is 1. The quantitative estimate of drug-likeness (QED) is 0.642. The third kappa shape index (κ3) is 3.80. The van der Waals surface area contributed by atoms with E-state index in [1.54, 1.807) is 0 Å². The van der Waals surface area contributed by atoms with Gasteiger partial charge in [-0.3, -0.25) is 0 Å². The van der Waals surface area contributed by atoms with Crippen molar-refractivity contribution >= 4 is 22.9 Å². The summed E-state index contributed by atoms with van der Waals surface area (Å²) in [4.78, 5) is 0. The van der Waals surface area contributed by atoms with Crippen molar-refractivity contribution in [1.82, 2.24) is 10.2 Å². The Morgan fingerprint density at radius 3 is 2.29 bits per heavy atom. The Morgan fingerprint density at radius 2 is 1.62 bits per heavy atom. The Hall–Kier alpha value is -1.91. The minimum atomic E-state index is 0.358. The molecule has 0 N–H and O–H groups in total. The number of ether oxygens (including phenoxy) is 1. The first-order chi connectivity index (χ1) is 10.3. The molecule has 1 heterocycles. The molecule has 0 saturated heterocycles. The molecule has 0 aliphatic carbocycles. The van der Waals surface area contributed by atoms with Crippen LogP contribution >= 0.6 is 22.9 Å². The average Bonchev–Trinajstić information content (AvgIpc) is 2.98. The van der Waals surface area contributed by atoms with Gasteiger partial charge in [0.15, 0.2) is 0 Å². The van der Waals surface area contributed by atoms with E-state index >= 15 is 0 Å². The van der Waals surface area contributed by atoms with Crippen LogP contribution in [0.15, 0.2) is 54.6 Å². The lowest BCUT2D eigenvalue weighted by molar-refractivity contribution is 0.473. The first kappa shape index (κ1) is 14.0. The molecule has 0 aliphatic rings. The third-order valence-electron chi connectivity index (χ3n) is 2.94. The van der Waals surface area contributed by atoms with Crippen LogP contribution in [-0.4, -0.2) is 10.2 Å². The van der Waals surface area contributed by atoms with E-state index in [1.807, 2.05) is 18.2 Å². The Bertz CT molecular complexity index is 698. The Kier molecular flexibility index (Phi) is 4.48. The van der Waals surface area contributed by atoms with Gasteiger partial charge in [-0.1, -0.05) is 58.9 Å². The van der Waals surface area contributed by atoms with Gasteiger partial charge in [0.1, 0.15) is 10.8 Å². The van der Waals surface area contributed by atoms with E-state index in [9.17, 15) is 0 Å². The summed E-state index contributed by atoms with van der Waals surface area (Å²) in [5.41, 5.74) is 2.54. The summed E-state index contributed by atoms with van der Waals surface area (Å²) < 4.78 is 5.65. The second-order valence-corrected chi connectivity index (χ2v) is 5.80. The maximum absolute atomic E-state index is 5.69. The van der Waals surface area contributed by atoms with Crippen molar-refractivity contribution in [1.29, 1.82) is 0 Å². The highest BCUT2D eigenvalue weighted by atomic mass is 35.5. The first-order valence-corrected chi connectivity index (χ1v) is 7.87. The summed E-state index contributed by atoms with van der Waals surface area (Å²) in [6.45, 7) is 0. The van der Waals surface area contributed by atoms with Crippen molar-refractivity contribution in [3.63, 3.8) is 0 Å². The Labute approximate surface area is 132 Å². The van der Waals surface area contributed by atoms with Gasteiger partial charge in [-0.05, 0) is 29.7 Å². The van der Waals surface area contributed by atoms with Crippen molar-refractivity contribution in [2.45, 2.75) is 12.3 Å². The molecule has 0 atom stereocenters. The minimum absolute atomic E-state index is 0.358. The van der Waals surface area contributed by atoms with Gasteiger partial charge in [0.05, 0.1) is 5.88 Å². The highest BCUT2D eigenvalue weighted by Gasteiger charge is 2.05. The summed E-state index contributed by atoms with van der Waals surface area (Å²) in [5.74, 6) is 1.11. The van der Waals surface area contributed by atoms with E-state index in [0.717, 1.165) is 17.2 Å². The average molecular weight is 317 g/mol. The molecule has 0 bridgehead atoms. The van der Waals surface area contributed by atoms with Crippen LogP contribution in [0, 0.1) is 0 Å². The van der Waals surface area contributed by atoms with Crippen LogP contribution in [0.2, 0.25) is 0 Å². The molecule has 5 heteroatoms. The van der Waals surface area contributed by atoms with Crippen LogP contribution in [0.5, 0.6) is 10.9 Å². The molecule has 0 aliphatic heterocycles. The molecule has 3 nitrogen and oxygen atoms in total. The third-order valence-corrected chi connectivity index (χ3v) is 4.16. The van der Waals surface area contributed by atoms with Crippen molar-refractivity contribution in [2.75, 3.05) is 0 Å². The number of benzene rings is 2. The zero-order chi connectivity index (χ0) is 14.5. The Balaban J connectivity index is 1.66. The number of hydrogen-bond donors (Lipinski definition) is 0. The molecule has 0 radical (unpaired) electrons. The van der Waals surface area contributed by atoms with Gasteiger partial charge >= 0.3 is 0 Å². The molecule has 0 amide bonds. The number of hydrogen-bond acceptors (Lipinski definition) is 4. The minimum Gasteiger partial charge on any atom is -0.430 e. The first-order valence-electron chi connectivity index (χ1n) is 6.52. The number of aromatic nitrogens is 2. The topological polar surface area (TPSA) is 35.0 Å². The van der Waals surface area contributed by atoms with Crippen molar-refractivity contribution in [3.8, 4) is 10.9 Å².